The van der Waals surface area contributed by atoms with E-state index >= 15 is 0 Å². The average Bonchev–Trinajstić information content (AvgIpc) is 3.35. The van der Waals surface area contributed by atoms with Gasteiger partial charge in [0.15, 0.2) is 6.61 Å². The van der Waals surface area contributed by atoms with E-state index in [1.807, 2.05) is 52.8 Å². The van der Waals surface area contributed by atoms with Crippen molar-refractivity contribution < 1.29 is 14.3 Å². The van der Waals surface area contributed by atoms with Crippen LogP contribution in [0.25, 0.3) is 10.9 Å². The van der Waals surface area contributed by atoms with Crippen LogP contribution in [0.2, 0.25) is 0 Å². The molecule has 4 rings (SSSR count). The van der Waals surface area contributed by atoms with Gasteiger partial charge in [-0.3, -0.25) is 9.59 Å². The van der Waals surface area contributed by atoms with Crippen molar-refractivity contribution in [3.63, 3.8) is 0 Å². The normalized spacial score (nSPS) is 13.6. The average molecular weight is 391 g/mol. The van der Waals surface area contributed by atoms with Crippen LogP contribution < -0.4 is 10.1 Å². The molecule has 1 aliphatic heterocycles. The highest BCUT2D eigenvalue weighted by Gasteiger charge is 2.18. The Kier molecular flexibility index (Phi) is 5.51. The van der Waals surface area contributed by atoms with Crippen LogP contribution in [0.15, 0.2) is 54.6 Å². The number of nitrogens with zero attached hydrogens (tertiary/aromatic N) is 2. The molecule has 29 heavy (non-hydrogen) atoms. The Hall–Kier alpha value is -3.28. The minimum Gasteiger partial charge on any atom is -0.484 e. The summed E-state index contributed by atoms with van der Waals surface area (Å²) in [6.45, 7) is 3.88. The number of carbonyl (C=O) groups excluding carboxylic acids is 2. The molecule has 3 aromatic rings. The number of nitrogens with one attached hydrogen (secondary N) is 1. The maximum Gasteiger partial charge on any atom is 0.260 e. The van der Waals surface area contributed by atoms with E-state index in [2.05, 4.69) is 11.4 Å². The zero-order chi connectivity index (χ0) is 20.2. The number of likely N-dealkylation sites (tertiary alicyclic amines) is 1. The van der Waals surface area contributed by atoms with Crippen molar-refractivity contribution in [2.45, 2.75) is 26.3 Å². The molecule has 0 radical (unpaired) electrons. The number of rotatable bonds is 6. The minimum atomic E-state index is -0.111. The van der Waals surface area contributed by atoms with Crippen LogP contribution in [0.4, 0.5) is 5.69 Å². The van der Waals surface area contributed by atoms with E-state index in [4.69, 9.17) is 4.74 Å². The second kappa shape index (κ2) is 8.39. The Labute approximate surface area is 170 Å². The lowest BCUT2D eigenvalue weighted by Gasteiger charge is -2.16. The molecule has 1 fully saturated rings. The topological polar surface area (TPSA) is 63.6 Å². The lowest BCUT2D eigenvalue weighted by molar-refractivity contribution is -0.132. The number of para-hydroxylation sites is 1. The van der Waals surface area contributed by atoms with Gasteiger partial charge >= 0.3 is 0 Å². The zero-order valence-corrected chi connectivity index (χ0v) is 16.6. The molecule has 2 heterocycles. The molecule has 0 unspecified atom stereocenters. The van der Waals surface area contributed by atoms with Gasteiger partial charge in [-0.2, -0.15) is 0 Å². The Morgan fingerprint density at radius 3 is 2.66 bits per heavy atom. The van der Waals surface area contributed by atoms with E-state index in [1.165, 1.54) is 0 Å². The quantitative estimate of drug-likeness (QED) is 0.698. The third-order valence-corrected chi connectivity index (χ3v) is 5.26. The van der Waals surface area contributed by atoms with Crippen molar-refractivity contribution in [2.24, 2.45) is 0 Å². The maximum atomic E-state index is 12.6. The largest absolute Gasteiger partial charge is 0.484 e. The Balaban J connectivity index is 1.37. The van der Waals surface area contributed by atoms with Crippen LogP contribution in [-0.2, 0) is 16.1 Å². The van der Waals surface area contributed by atoms with Crippen molar-refractivity contribution in [1.82, 2.24) is 9.47 Å². The van der Waals surface area contributed by atoms with Gasteiger partial charge < -0.3 is 19.5 Å². The monoisotopic (exact) mass is 391 g/mol. The lowest BCUT2D eigenvalue weighted by atomic mass is 10.2. The van der Waals surface area contributed by atoms with Crippen LogP contribution in [0, 0.1) is 6.92 Å². The predicted octanol–water partition coefficient (Wildman–Crippen LogP) is 3.59. The highest BCUT2D eigenvalue weighted by molar-refractivity contribution is 5.92. The van der Waals surface area contributed by atoms with E-state index in [-0.39, 0.29) is 25.0 Å². The molecule has 150 valence electrons. The molecular formula is C23H25N3O3. The van der Waals surface area contributed by atoms with Gasteiger partial charge in [0, 0.05) is 36.1 Å². The van der Waals surface area contributed by atoms with Crippen molar-refractivity contribution in [3.8, 4) is 5.75 Å². The standard InChI is InChI=1S/C23H25N3O3/c1-17-13-18-7-2-3-10-21(18)26(17)15-22(27)24-19-8-6-9-20(14-19)29-16-23(28)25-11-4-5-12-25/h2-3,6-10,13-14H,4-5,11-12,15-16H2,1H3,(H,24,27). The highest BCUT2D eigenvalue weighted by atomic mass is 16.5. The third-order valence-electron chi connectivity index (χ3n) is 5.26. The molecule has 0 spiro atoms. The number of anilines is 1. The summed E-state index contributed by atoms with van der Waals surface area (Å²) in [5, 5.41) is 4.04. The number of ether oxygens (including phenoxy) is 1. The highest BCUT2D eigenvalue weighted by Crippen LogP contribution is 2.21. The molecule has 0 saturated carbocycles. The van der Waals surface area contributed by atoms with Gasteiger partial charge in [-0.1, -0.05) is 24.3 Å². The first-order valence-electron chi connectivity index (χ1n) is 9.95. The van der Waals surface area contributed by atoms with Crippen molar-refractivity contribution in [2.75, 3.05) is 25.0 Å². The molecule has 6 heteroatoms. The molecule has 2 amide bonds. The summed E-state index contributed by atoms with van der Waals surface area (Å²) in [7, 11) is 0. The molecule has 1 aromatic heterocycles. The first kappa shape index (κ1) is 19.1. The van der Waals surface area contributed by atoms with E-state index < -0.39 is 0 Å². The van der Waals surface area contributed by atoms with Gasteiger partial charge in [-0.25, -0.2) is 0 Å². The second-order valence-corrected chi connectivity index (χ2v) is 7.38. The summed E-state index contributed by atoms with van der Waals surface area (Å²) in [4.78, 5) is 26.5. The molecule has 1 saturated heterocycles. The maximum absolute atomic E-state index is 12.6. The number of aromatic nitrogens is 1. The van der Waals surface area contributed by atoms with Crippen LogP contribution in [0.1, 0.15) is 18.5 Å². The van der Waals surface area contributed by atoms with Gasteiger partial charge in [0.1, 0.15) is 12.3 Å². The van der Waals surface area contributed by atoms with Gasteiger partial charge in [0.2, 0.25) is 5.91 Å². The van der Waals surface area contributed by atoms with E-state index in [9.17, 15) is 9.59 Å². The summed E-state index contributed by atoms with van der Waals surface area (Å²) in [6, 6.07) is 17.3. The number of amides is 2. The summed E-state index contributed by atoms with van der Waals surface area (Å²) in [5.41, 5.74) is 2.73. The van der Waals surface area contributed by atoms with Crippen LogP contribution >= 0.6 is 0 Å². The number of hydrogen-bond donors (Lipinski definition) is 1. The molecule has 2 aromatic carbocycles. The van der Waals surface area contributed by atoms with Crippen LogP contribution in [0.3, 0.4) is 0 Å². The van der Waals surface area contributed by atoms with Crippen molar-refractivity contribution in [1.29, 1.82) is 0 Å². The van der Waals surface area contributed by atoms with Gasteiger partial charge in [-0.15, -0.1) is 0 Å². The molecule has 1 aliphatic rings. The lowest BCUT2D eigenvalue weighted by Crippen LogP contribution is -2.32. The van der Waals surface area contributed by atoms with Crippen molar-refractivity contribution in [3.05, 3.63) is 60.3 Å². The van der Waals surface area contributed by atoms with Gasteiger partial charge in [0.05, 0.1) is 0 Å². The first-order valence-corrected chi connectivity index (χ1v) is 9.95. The third kappa shape index (κ3) is 4.42. The summed E-state index contributed by atoms with van der Waals surface area (Å²) in [6.07, 6.45) is 2.12. The van der Waals surface area contributed by atoms with Crippen LogP contribution in [0.5, 0.6) is 5.75 Å². The first-order chi connectivity index (χ1) is 14.1. The Bertz CT molecular complexity index is 1030. The molecule has 0 aliphatic carbocycles. The van der Waals surface area contributed by atoms with Crippen LogP contribution in [-0.4, -0.2) is 41.0 Å². The number of carbonyl (C=O) groups is 2. The molecule has 0 bridgehead atoms. The molecule has 0 atom stereocenters. The molecule has 1 N–H and O–H groups in total. The fourth-order valence-corrected chi connectivity index (χ4v) is 3.77. The Morgan fingerprint density at radius 1 is 1.03 bits per heavy atom. The molecule has 6 nitrogen and oxygen atoms in total. The minimum absolute atomic E-state index is 0.00639. The van der Waals surface area contributed by atoms with E-state index in [1.54, 1.807) is 12.1 Å². The number of aryl methyl sites for hydroxylation is 1. The Morgan fingerprint density at radius 2 is 1.83 bits per heavy atom. The number of hydrogen-bond acceptors (Lipinski definition) is 3. The summed E-state index contributed by atoms with van der Waals surface area (Å²) >= 11 is 0. The van der Waals surface area contributed by atoms with Gasteiger partial charge in [0.25, 0.3) is 5.91 Å². The van der Waals surface area contributed by atoms with E-state index in [0.717, 1.165) is 42.5 Å². The van der Waals surface area contributed by atoms with E-state index in [0.29, 0.717) is 11.4 Å². The summed E-state index contributed by atoms with van der Waals surface area (Å²) in [5.74, 6) is 0.463. The van der Waals surface area contributed by atoms with Crippen molar-refractivity contribution >= 4 is 28.4 Å². The zero-order valence-electron chi connectivity index (χ0n) is 16.6. The van der Waals surface area contributed by atoms with Gasteiger partial charge in [-0.05, 0) is 49.4 Å². The molecular weight excluding hydrogens is 366 g/mol. The number of benzene rings is 2. The second-order valence-electron chi connectivity index (χ2n) is 7.38. The fraction of sp³-hybridized carbons (Fsp3) is 0.304. The smallest absolute Gasteiger partial charge is 0.260 e. The number of fused-ring (bicyclic) bond motifs is 1. The predicted molar refractivity (Wildman–Crippen MR) is 113 cm³/mol. The summed E-state index contributed by atoms with van der Waals surface area (Å²) < 4.78 is 7.64. The fourth-order valence-electron chi connectivity index (χ4n) is 3.77. The SMILES string of the molecule is Cc1cc2ccccc2n1CC(=O)Nc1cccc(OCC(=O)N2CCCC2)c1.